The van der Waals surface area contributed by atoms with Crippen LogP contribution in [0.5, 0.6) is 5.75 Å². The molecule has 1 rings (SSSR count). The van der Waals surface area contributed by atoms with E-state index >= 15 is 0 Å². The summed E-state index contributed by atoms with van der Waals surface area (Å²) in [5, 5.41) is 3.45. The zero-order valence-electron chi connectivity index (χ0n) is 12.3. The summed E-state index contributed by atoms with van der Waals surface area (Å²) in [6.45, 7) is 5.76. The predicted molar refractivity (Wildman–Crippen MR) is 94.7 cm³/mol. The monoisotopic (exact) mass is 386 g/mol. The lowest BCUT2D eigenvalue weighted by Gasteiger charge is -2.11. The van der Waals surface area contributed by atoms with Crippen molar-refractivity contribution >= 4 is 40.7 Å². The summed E-state index contributed by atoms with van der Waals surface area (Å²) in [5.41, 5.74) is 1.27. The minimum Gasteiger partial charge on any atom is -0.493 e. The minimum atomic E-state index is 0. The lowest BCUT2D eigenvalue weighted by atomic mass is 10.2. The lowest BCUT2D eigenvalue weighted by Crippen LogP contribution is -2.21. The molecular weight excluding hydrogens is 363 g/mol. The van der Waals surface area contributed by atoms with Gasteiger partial charge in [-0.05, 0) is 74.2 Å². The average Bonchev–Trinajstić information content (AvgIpc) is 2.32. The van der Waals surface area contributed by atoms with Crippen LogP contribution in [0.2, 0.25) is 0 Å². The molecule has 6 heteroatoms. The smallest absolute Gasteiger partial charge is 0.133 e. The van der Waals surface area contributed by atoms with Crippen molar-refractivity contribution in [2.24, 2.45) is 0 Å². The average molecular weight is 388 g/mol. The van der Waals surface area contributed by atoms with Crippen LogP contribution in [-0.2, 0) is 6.54 Å². The third-order valence-corrected chi connectivity index (χ3v) is 3.20. The maximum atomic E-state index is 5.49. The predicted octanol–water partition coefficient (Wildman–Crippen LogP) is 3.73. The first-order chi connectivity index (χ1) is 8.63. The van der Waals surface area contributed by atoms with Crippen molar-refractivity contribution in [3.8, 4) is 5.75 Å². The van der Waals surface area contributed by atoms with Gasteiger partial charge in [-0.2, -0.15) is 0 Å². The van der Waals surface area contributed by atoms with E-state index in [1.54, 1.807) is 0 Å². The molecule has 0 heterocycles. The molecule has 1 aromatic rings. The molecule has 0 fully saturated rings. The Morgan fingerprint density at radius 1 is 1.25 bits per heavy atom. The zero-order valence-corrected chi connectivity index (χ0v) is 15.5. The van der Waals surface area contributed by atoms with Gasteiger partial charge < -0.3 is 15.0 Å². The Hall–Kier alpha value is -0.000000000000000111. The molecule has 0 aliphatic carbocycles. The summed E-state index contributed by atoms with van der Waals surface area (Å²) in [4.78, 5) is 2.20. The molecule has 0 spiro atoms. The molecule has 0 amide bonds. The normalized spacial score (nSPS) is 9.85. The molecule has 0 aliphatic heterocycles. The second kappa shape index (κ2) is 12.7. The Morgan fingerprint density at radius 2 is 1.95 bits per heavy atom. The fourth-order valence-corrected chi connectivity index (χ4v) is 2.22. The third kappa shape index (κ3) is 9.03. The molecule has 1 N–H and O–H groups in total. The van der Waals surface area contributed by atoms with E-state index in [-0.39, 0.29) is 24.8 Å². The second-order valence-corrected chi connectivity index (χ2v) is 5.39. The molecule has 1 aromatic carbocycles. The molecule has 0 radical (unpaired) electrons. The number of rotatable bonds is 8. The number of benzene rings is 1. The van der Waals surface area contributed by atoms with Crippen molar-refractivity contribution in [2.45, 2.75) is 19.9 Å². The molecule has 0 aliphatic rings. The summed E-state index contributed by atoms with van der Waals surface area (Å²) in [6, 6.07) is 6.24. The summed E-state index contributed by atoms with van der Waals surface area (Å²) < 4.78 is 6.51. The van der Waals surface area contributed by atoms with Crippen LogP contribution in [-0.4, -0.2) is 38.7 Å². The van der Waals surface area contributed by atoms with Gasteiger partial charge in [0.2, 0.25) is 0 Å². The summed E-state index contributed by atoms with van der Waals surface area (Å²) in [6.07, 6.45) is 1.17. The highest BCUT2D eigenvalue weighted by Gasteiger charge is 2.01. The largest absolute Gasteiger partial charge is 0.493 e. The zero-order chi connectivity index (χ0) is 13.4. The molecule has 3 nitrogen and oxygen atoms in total. The van der Waals surface area contributed by atoms with Crippen LogP contribution in [0.4, 0.5) is 0 Å². The van der Waals surface area contributed by atoms with Gasteiger partial charge in [0.15, 0.2) is 0 Å². The Kier molecular flexibility index (Phi) is 14.2. The topological polar surface area (TPSA) is 24.5 Å². The van der Waals surface area contributed by atoms with Crippen molar-refractivity contribution < 1.29 is 4.74 Å². The van der Waals surface area contributed by atoms with Gasteiger partial charge in [-0.3, -0.25) is 0 Å². The standard InChI is InChI=1S/C14H23BrN2O.2ClH/c1-4-18-14-7-6-12(10-13(14)15)11-16-8-5-9-17(2)3;;/h6-7,10,16H,4-5,8-9,11H2,1-3H3;2*1H. The van der Waals surface area contributed by atoms with Crippen molar-refractivity contribution in [1.82, 2.24) is 10.2 Å². The Balaban J connectivity index is 0. The van der Waals surface area contributed by atoms with Gasteiger partial charge in [-0.1, -0.05) is 6.07 Å². The van der Waals surface area contributed by atoms with Gasteiger partial charge in [0.25, 0.3) is 0 Å². The lowest BCUT2D eigenvalue weighted by molar-refractivity contribution is 0.338. The van der Waals surface area contributed by atoms with Crippen LogP contribution in [0.3, 0.4) is 0 Å². The Labute approximate surface area is 143 Å². The maximum absolute atomic E-state index is 5.49. The minimum absolute atomic E-state index is 0. The Bertz CT molecular complexity index is 365. The first-order valence-electron chi connectivity index (χ1n) is 6.40. The van der Waals surface area contributed by atoms with Gasteiger partial charge in [0.1, 0.15) is 5.75 Å². The highest BCUT2D eigenvalue weighted by Crippen LogP contribution is 2.25. The van der Waals surface area contributed by atoms with Gasteiger partial charge in [0, 0.05) is 6.54 Å². The molecule has 0 aromatic heterocycles. The third-order valence-electron chi connectivity index (χ3n) is 2.58. The van der Waals surface area contributed by atoms with E-state index in [1.807, 2.05) is 13.0 Å². The van der Waals surface area contributed by atoms with Crippen LogP contribution >= 0.6 is 40.7 Å². The van der Waals surface area contributed by atoms with Crippen LogP contribution in [0.25, 0.3) is 0 Å². The van der Waals surface area contributed by atoms with Crippen molar-refractivity contribution in [1.29, 1.82) is 0 Å². The van der Waals surface area contributed by atoms with E-state index in [2.05, 4.69) is 52.4 Å². The number of nitrogens with one attached hydrogen (secondary N) is 1. The van der Waals surface area contributed by atoms with E-state index in [0.29, 0.717) is 6.61 Å². The van der Waals surface area contributed by atoms with Crippen molar-refractivity contribution in [3.05, 3.63) is 28.2 Å². The first-order valence-corrected chi connectivity index (χ1v) is 7.19. The summed E-state index contributed by atoms with van der Waals surface area (Å²) >= 11 is 3.53. The number of ether oxygens (including phenoxy) is 1. The van der Waals surface area contributed by atoms with Gasteiger partial charge in [0.05, 0.1) is 11.1 Å². The number of hydrogen-bond donors (Lipinski definition) is 1. The number of nitrogens with zero attached hydrogens (tertiary/aromatic N) is 1. The quantitative estimate of drug-likeness (QED) is 0.687. The molecule has 0 unspecified atom stereocenters. The van der Waals surface area contributed by atoms with Gasteiger partial charge in [-0.25, -0.2) is 0 Å². The summed E-state index contributed by atoms with van der Waals surface area (Å²) in [5.74, 6) is 0.911. The molecule has 0 saturated heterocycles. The van der Waals surface area contributed by atoms with Crippen molar-refractivity contribution in [2.75, 3.05) is 33.8 Å². The summed E-state index contributed by atoms with van der Waals surface area (Å²) in [7, 11) is 4.20. The second-order valence-electron chi connectivity index (χ2n) is 4.53. The van der Waals surface area contributed by atoms with E-state index in [4.69, 9.17) is 4.74 Å². The highest BCUT2D eigenvalue weighted by molar-refractivity contribution is 9.10. The van der Waals surface area contributed by atoms with E-state index in [0.717, 1.165) is 29.9 Å². The number of hydrogen-bond acceptors (Lipinski definition) is 3. The van der Waals surface area contributed by atoms with Crippen molar-refractivity contribution in [3.63, 3.8) is 0 Å². The van der Waals surface area contributed by atoms with Crippen LogP contribution < -0.4 is 10.1 Å². The molecule has 20 heavy (non-hydrogen) atoms. The molecule has 0 atom stereocenters. The fraction of sp³-hybridized carbons (Fsp3) is 0.571. The fourth-order valence-electron chi connectivity index (χ4n) is 1.68. The van der Waals surface area contributed by atoms with Gasteiger partial charge >= 0.3 is 0 Å². The van der Waals surface area contributed by atoms with Crippen LogP contribution in [0.15, 0.2) is 22.7 Å². The van der Waals surface area contributed by atoms with E-state index < -0.39 is 0 Å². The molecular formula is C14H25BrCl2N2O. The van der Waals surface area contributed by atoms with Crippen LogP contribution in [0, 0.1) is 0 Å². The highest BCUT2D eigenvalue weighted by atomic mass is 79.9. The molecule has 118 valence electrons. The number of halogens is 3. The van der Waals surface area contributed by atoms with E-state index in [1.165, 1.54) is 12.0 Å². The molecule has 0 saturated carbocycles. The van der Waals surface area contributed by atoms with Gasteiger partial charge in [-0.15, -0.1) is 24.8 Å². The first kappa shape index (κ1) is 22.3. The van der Waals surface area contributed by atoms with E-state index in [9.17, 15) is 0 Å². The Morgan fingerprint density at radius 3 is 2.50 bits per heavy atom. The van der Waals surface area contributed by atoms with Crippen LogP contribution in [0.1, 0.15) is 18.9 Å². The SMILES string of the molecule is CCOc1ccc(CNCCCN(C)C)cc1Br.Cl.Cl. The maximum Gasteiger partial charge on any atom is 0.133 e. The molecule has 0 bridgehead atoms.